The Hall–Kier alpha value is -2.76. The van der Waals surface area contributed by atoms with Gasteiger partial charge in [-0.25, -0.2) is 15.0 Å². The summed E-state index contributed by atoms with van der Waals surface area (Å²) in [5, 5.41) is 0. The molecular formula is C23H28N6. The van der Waals surface area contributed by atoms with Crippen LogP contribution in [0.2, 0.25) is 0 Å². The predicted molar refractivity (Wildman–Crippen MR) is 114 cm³/mol. The average molecular weight is 389 g/mol. The maximum Gasteiger partial charge on any atom is 0.225 e. The van der Waals surface area contributed by atoms with Crippen LogP contribution in [0.1, 0.15) is 48.8 Å². The Morgan fingerprint density at radius 1 is 1.00 bits per heavy atom. The van der Waals surface area contributed by atoms with Crippen molar-refractivity contribution < 1.29 is 0 Å². The van der Waals surface area contributed by atoms with Crippen LogP contribution in [0.15, 0.2) is 36.8 Å². The van der Waals surface area contributed by atoms with Crippen molar-refractivity contribution in [2.45, 2.75) is 52.0 Å². The second-order valence-electron chi connectivity index (χ2n) is 8.49. The zero-order valence-electron chi connectivity index (χ0n) is 17.3. The molecule has 2 aliphatic rings. The third kappa shape index (κ3) is 3.88. The SMILES string of the molecule is Cc1ccc(-c2ccnc(N3CCC[C@@H](c4nccn4CC4CC4)C3)n2)c(C)n1. The molecular weight excluding hydrogens is 360 g/mol. The number of pyridine rings is 1. The summed E-state index contributed by atoms with van der Waals surface area (Å²) in [6.45, 7) is 7.10. The Bertz CT molecular complexity index is 1010. The first-order valence-corrected chi connectivity index (χ1v) is 10.7. The van der Waals surface area contributed by atoms with E-state index in [1.54, 1.807) is 0 Å². The summed E-state index contributed by atoms with van der Waals surface area (Å²) in [5.74, 6) is 3.34. The van der Waals surface area contributed by atoms with E-state index in [0.717, 1.165) is 60.6 Å². The number of rotatable bonds is 5. The van der Waals surface area contributed by atoms with Crippen molar-refractivity contribution in [3.63, 3.8) is 0 Å². The lowest BCUT2D eigenvalue weighted by molar-refractivity contribution is 0.459. The molecule has 5 rings (SSSR count). The lowest BCUT2D eigenvalue weighted by Crippen LogP contribution is -2.36. The van der Waals surface area contributed by atoms with Gasteiger partial charge in [-0.2, -0.15) is 0 Å². The van der Waals surface area contributed by atoms with E-state index in [4.69, 9.17) is 9.97 Å². The van der Waals surface area contributed by atoms with E-state index in [0.29, 0.717) is 5.92 Å². The fourth-order valence-electron chi connectivity index (χ4n) is 4.39. The van der Waals surface area contributed by atoms with Gasteiger partial charge in [-0.1, -0.05) is 0 Å². The van der Waals surface area contributed by atoms with E-state index in [-0.39, 0.29) is 0 Å². The molecule has 150 valence electrons. The highest BCUT2D eigenvalue weighted by atomic mass is 15.3. The smallest absolute Gasteiger partial charge is 0.225 e. The summed E-state index contributed by atoms with van der Waals surface area (Å²) in [6, 6.07) is 6.13. The standard InChI is InChI=1S/C23H28N6/c1-16-5-8-20(17(2)26-16)21-9-10-25-23(27-21)29-12-3-4-19(15-29)22-24-11-13-28(22)14-18-6-7-18/h5,8-11,13,18-19H,3-4,6-7,12,14-15H2,1-2H3/t19-/m1/s1. The molecule has 0 aromatic carbocycles. The molecule has 1 saturated carbocycles. The van der Waals surface area contributed by atoms with Crippen molar-refractivity contribution in [2.24, 2.45) is 5.92 Å². The number of aromatic nitrogens is 5. The minimum atomic E-state index is 0.438. The predicted octanol–water partition coefficient (Wildman–Crippen LogP) is 4.15. The molecule has 0 amide bonds. The fraction of sp³-hybridized carbons (Fsp3) is 0.478. The van der Waals surface area contributed by atoms with Crippen molar-refractivity contribution in [2.75, 3.05) is 18.0 Å². The Kier molecular flexibility index (Phi) is 4.78. The van der Waals surface area contributed by atoms with Crippen LogP contribution in [0, 0.1) is 19.8 Å². The van der Waals surface area contributed by atoms with Gasteiger partial charge in [-0.05, 0) is 63.6 Å². The number of hydrogen-bond acceptors (Lipinski definition) is 5. The lowest BCUT2D eigenvalue weighted by Gasteiger charge is -2.32. The quantitative estimate of drug-likeness (QED) is 0.657. The van der Waals surface area contributed by atoms with Gasteiger partial charge in [0.05, 0.1) is 5.69 Å². The summed E-state index contributed by atoms with van der Waals surface area (Å²) >= 11 is 0. The average Bonchev–Trinajstić information content (AvgIpc) is 3.43. The van der Waals surface area contributed by atoms with E-state index < -0.39 is 0 Å². The fourth-order valence-corrected chi connectivity index (χ4v) is 4.39. The van der Waals surface area contributed by atoms with Crippen molar-refractivity contribution >= 4 is 5.95 Å². The number of anilines is 1. The second-order valence-corrected chi connectivity index (χ2v) is 8.49. The summed E-state index contributed by atoms with van der Waals surface area (Å²) in [4.78, 5) is 21.1. The zero-order chi connectivity index (χ0) is 19.8. The van der Waals surface area contributed by atoms with Gasteiger partial charge in [-0.15, -0.1) is 0 Å². The molecule has 0 spiro atoms. The van der Waals surface area contributed by atoms with Gasteiger partial charge in [-0.3, -0.25) is 4.98 Å². The van der Waals surface area contributed by atoms with Gasteiger partial charge in [0.2, 0.25) is 5.95 Å². The minimum absolute atomic E-state index is 0.438. The van der Waals surface area contributed by atoms with Crippen molar-refractivity contribution in [1.29, 1.82) is 0 Å². The van der Waals surface area contributed by atoms with E-state index in [2.05, 4.69) is 31.7 Å². The number of hydrogen-bond donors (Lipinski definition) is 0. The number of nitrogens with zero attached hydrogens (tertiary/aromatic N) is 6. The molecule has 1 aliphatic heterocycles. The molecule has 4 heterocycles. The van der Waals surface area contributed by atoms with Crippen molar-refractivity contribution in [3.8, 4) is 11.3 Å². The molecule has 0 bridgehead atoms. The van der Waals surface area contributed by atoms with Crippen LogP contribution in [-0.4, -0.2) is 37.6 Å². The van der Waals surface area contributed by atoms with Gasteiger partial charge in [0.25, 0.3) is 0 Å². The molecule has 1 atom stereocenters. The maximum absolute atomic E-state index is 4.90. The molecule has 6 heteroatoms. The molecule has 3 aromatic heterocycles. The third-order valence-electron chi connectivity index (χ3n) is 6.11. The maximum atomic E-state index is 4.90. The third-order valence-corrected chi connectivity index (χ3v) is 6.11. The van der Waals surface area contributed by atoms with E-state index in [1.807, 2.05) is 38.4 Å². The van der Waals surface area contributed by atoms with E-state index >= 15 is 0 Å². The van der Waals surface area contributed by atoms with Gasteiger partial charge < -0.3 is 9.47 Å². The number of imidazole rings is 1. The minimum Gasteiger partial charge on any atom is -0.340 e. The normalized spacial score (nSPS) is 19.5. The molecule has 0 radical (unpaired) electrons. The highest BCUT2D eigenvalue weighted by molar-refractivity contribution is 5.62. The van der Waals surface area contributed by atoms with Crippen molar-refractivity contribution in [1.82, 2.24) is 24.5 Å². The van der Waals surface area contributed by atoms with Gasteiger partial charge >= 0.3 is 0 Å². The molecule has 0 N–H and O–H groups in total. The zero-order valence-corrected chi connectivity index (χ0v) is 17.3. The van der Waals surface area contributed by atoms with Crippen LogP contribution in [-0.2, 0) is 6.54 Å². The molecule has 1 aliphatic carbocycles. The second kappa shape index (κ2) is 7.58. The summed E-state index contributed by atoms with van der Waals surface area (Å²) < 4.78 is 2.38. The van der Waals surface area contributed by atoms with Crippen molar-refractivity contribution in [3.05, 3.63) is 54.0 Å². The first-order chi connectivity index (χ1) is 14.2. The van der Waals surface area contributed by atoms with Crippen LogP contribution < -0.4 is 4.90 Å². The Labute approximate surface area is 172 Å². The molecule has 0 unspecified atom stereocenters. The highest BCUT2D eigenvalue weighted by Crippen LogP contribution is 2.33. The first kappa shape index (κ1) is 18.3. The highest BCUT2D eigenvalue weighted by Gasteiger charge is 2.28. The Morgan fingerprint density at radius 3 is 2.72 bits per heavy atom. The molecule has 6 nitrogen and oxygen atoms in total. The van der Waals surface area contributed by atoms with Crippen LogP contribution in [0.5, 0.6) is 0 Å². The van der Waals surface area contributed by atoms with Gasteiger partial charge in [0.1, 0.15) is 5.82 Å². The van der Waals surface area contributed by atoms with E-state index in [1.165, 1.54) is 25.1 Å². The lowest BCUT2D eigenvalue weighted by atomic mass is 9.97. The Balaban J connectivity index is 1.38. The number of aryl methyl sites for hydroxylation is 2. The summed E-state index contributed by atoms with van der Waals surface area (Å²) in [7, 11) is 0. The molecule has 3 aromatic rings. The van der Waals surface area contributed by atoms with Gasteiger partial charge in [0.15, 0.2) is 0 Å². The molecule has 2 fully saturated rings. The summed E-state index contributed by atoms with van der Waals surface area (Å²) in [6.07, 6.45) is 11.0. The topological polar surface area (TPSA) is 59.7 Å². The van der Waals surface area contributed by atoms with Crippen LogP contribution in [0.4, 0.5) is 5.95 Å². The van der Waals surface area contributed by atoms with Crippen LogP contribution in [0.25, 0.3) is 11.3 Å². The monoisotopic (exact) mass is 388 g/mol. The molecule has 29 heavy (non-hydrogen) atoms. The van der Waals surface area contributed by atoms with Crippen LogP contribution in [0.3, 0.4) is 0 Å². The number of piperidine rings is 1. The largest absolute Gasteiger partial charge is 0.340 e. The van der Waals surface area contributed by atoms with E-state index in [9.17, 15) is 0 Å². The van der Waals surface area contributed by atoms with Crippen LogP contribution >= 0.6 is 0 Å². The Morgan fingerprint density at radius 2 is 1.90 bits per heavy atom. The van der Waals surface area contributed by atoms with Gasteiger partial charge in [0, 0.05) is 61.1 Å². The summed E-state index contributed by atoms with van der Waals surface area (Å²) in [5.41, 5.74) is 4.06. The first-order valence-electron chi connectivity index (χ1n) is 10.7. The molecule has 1 saturated heterocycles.